The van der Waals surface area contributed by atoms with Crippen LogP contribution < -0.4 is 0 Å². The monoisotopic (exact) mass is 227 g/mol. The first kappa shape index (κ1) is 13.2. The molecule has 0 aromatic rings. The van der Waals surface area contributed by atoms with Crippen LogP contribution in [0.5, 0.6) is 0 Å². The van der Waals surface area contributed by atoms with Gasteiger partial charge >= 0.3 is 0 Å². The molecular formula is C12H21NO3. The molecule has 0 N–H and O–H groups in total. The van der Waals surface area contributed by atoms with E-state index in [4.69, 9.17) is 4.74 Å². The number of nitrogens with zero attached hydrogens (tertiary/aromatic N) is 1. The van der Waals surface area contributed by atoms with Crippen molar-refractivity contribution in [2.75, 3.05) is 26.8 Å². The molecule has 1 aliphatic heterocycles. The number of likely N-dealkylation sites (tertiary alicyclic amines) is 1. The maximum absolute atomic E-state index is 11.8. The van der Waals surface area contributed by atoms with E-state index in [0.717, 1.165) is 32.5 Å². The molecule has 0 aromatic heterocycles. The van der Waals surface area contributed by atoms with Crippen LogP contribution in [0.25, 0.3) is 0 Å². The van der Waals surface area contributed by atoms with Crippen LogP contribution in [0, 0.1) is 5.92 Å². The Morgan fingerprint density at radius 1 is 1.38 bits per heavy atom. The first-order valence-electron chi connectivity index (χ1n) is 5.89. The molecule has 1 fully saturated rings. The Bertz CT molecular complexity index is 251. The first-order chi connectivity index (χ1) is 7.63. The van der Waals surface area contributed by atoms with Gasteiger partial charge in [-0.3, -0.25) is 4.79 Å². The third-order valence-electron chi connectivity index (χ3n) is 2.96. The second-order valence-corrected chi connectivity index (χ2v) is 4.51. The molecule has 0 aromatic carbocycles. The van der Waals surface area contributed by atoms with E-state index in [2.05, 4.69) is 0 Å². The van der Waals surface area contributed by atoms with E-state index in [1.807, 2.05) is 4.90 Å². The van der Waals surface area contributed by atoms with E-state index >= 15 is 0 Å². The second-order valence-electron chi connectivity index (χ2n) is 4.51. The number of amides is 1. The van der Waals surface area contributed by atoms with Crippen LogP contribution in [-0.2, 0) is 14.3 Å². The number of hydrogen-bond acceptors (Lipinski definition) is 3. The van der Waals surface area contributed by atoms with E-state index in [0.29, 0.717) is 18.8 Å². The summed E-state index contributed by atoms with van der Waals surface area (Å²) in [6.45, 7) is 3.86. The van der Waals surface area contributed by atoms with Gasteiger partial charge in [0.15, 0.2) is 0 Å². The largest absolute Gasteiger partial charge is 0.384 e. The zero-order valence-corrected chi connectivity index (χ0v) is 10.2. The number of ether oxygens (including phenoxy) is 1. The van der Waals surface area contributed by atoms with Gasteiger partial charge in [-0.2, -0.15) is 0 Å². The molecule has 4 heteroatoms. The number of hydrogen-bond donors (Lipinski definition) is 0. The number of rotatable bonds is 5. The molecule has 1 unspecified atom stereocenters. The fraction of sp³-hybridized carbons (Fsp3) is 0.833. The molecule has 1 amide bonds. The van der Waals surface area contributed by atoms with E-state index in [1.165, 1.54) is 6.92 Å². The van der Waals surface area contributed by atoms with Crippen LogP contribution in [0.4, 0.5) is 0 Å². The normalized spacial score (nSPS) is 20.9. The van der Waals surface area contributed by atoms with Crippen molar-refractivity contribution in [3.05, 3.63) is 0 Å². The maximum Gasteiger partial charge on any atom is 0.223 e. The molecule has 0 aliphatic carbocycles. The second kappa shape index (κ2) is 6.63. The Hall–Kier alpha value is -0.900. The molecule has 0 spiro atoms. The molecule has 0 bridgehead atoms. The van der Waals surface area contributed by atoms with E-state index in [1.54, 1.807) is 7.11 Å². The highest BCUT2D eigenvalue weighted by molar-refractivity contribution is 5.83. The molecule has 1 heterocycles. The zero-order chi connectivity index (χ0) is 12.0. The predicted molar refractivity (Wildman–Crippen MR) is 61.1 cm³/mol. The minimum atomic E-state index is 0.0822. The van der Waals surface area contributed by atoms with Gasteiger partial charge in [0.05, 0.1) is 6.61 Å². The van der Waals surface area contributed by atoms with Crippen LogP contribution in [0.3, 0.4) is 0 Å². The van der Waals surface area contributed by atoms with Crippen molar-refractivity contribution >= 4 is 11.7 Å². The van der Waals surface area contributed by atoms with E-state index in [9.17, 15) is 9.59 Å². The van der Waals surface area contributed by atoms with Crippen molar-refractivity contribution in [1.82, 2.24) is 4.90 Å². The summed E-state index contributed by atoms with van der Waals surface area (Å²) in [4.78, 5) is 24.5. The minimum absolute atomic E-state index is 0.0822. The molecule has 1 atom stereocenters. The molecule has 92 valence electrons. The summed E-state index contributed by atoms with van der Waals surface area (Å²) in [5.74, 6) is 0.648. The molecule has 0 radical (unpaired) electrons. The van der Waals surface area contributed by atoms with Crippen LogP contribution >= 0.6 is 0 Å². The van der Waals surface area contributed by atoms with Gasteiger partial charge < -0.3 is 14.4 Å². The van der Waals surface area contributed by atoms with Gasteiger partial charge in [0.2, 0.25) is 5.91 Å². The highest BCUT2D eigenvalue weighted by Crippen LogP contribution is 2.17. The zero-order valence-electron chi connectivity index (χ0n) is 10.2. The summed E-state index contributed by atoms with van der Waals surface area (Å²) in [5, 5.41) is 0. The molecule has 1 saturated heterocycles. The van der Waals surface area contributed by atoms with Gasteiger partial charge in [-0.15, -0.1) is 0 Å². The van der Waals surface area contributed by atoms with Crippen molar-refractivity contribution in [2.45, 2.75) is 32.6 Å². The number of Topliss-reactive ketones (excluding diaryl/α,β-unsaturated/α-hetero) is 1. The highest BCUT2D eigenvalue weighted by atomic mass is 16.5. The van der Waals surface area contributed by atoms with E-state index < -0.39 is 0 Å². The van der Waals surface area contributed by atoms with Crippen molar-refractivity contribution in [3.63, 3.8) is 0 Å². The summed E-state index contributed by atoms with van der Waals surface area (Å²) in [5.41, 5.74) is 0. The number of piperidine rings is 1. The molecule has 1 rings (SSSR count). The lowest BCUT2D eigenvalue weighted by molar-refractivity contribution is -0.135. The molecular weight excluding hydrogens is 206 g/mol. The third kappa shape index (κ3) is 4.31. The SMILES string of the molecule is COCC1CCCN(C(=O)CCC(C)=O)C1. The molecule has 1 aliphatic rings. The fourth-order valence-corrected chi connectivity index (χ4v) is 2.10. The molecule has 16 heavy (non-hydrogen) atoms. The van der Waals surface area contributed by atoms with Gasteiger partial charge in [-0.05, 0) is 25.7 Å². The van der Waals surface area contributed by atoms with Crippen LogP contribution in [0.2, 0.25) is 0 Å². The quantitative estimate of drug-likeness (QED) is 0.710. The standard InChI is InChI=1S/C12H21NO3/c1-10(14)5-6-12(15)13-7-3-4-11(8-13)9-16-2/h11H,3-9H2,1-2H3. The summed E-state index contributed by atoms with van der Waals surface area (Å²) in [7, 11) is 1.69. The predicted octanol–water partition coefficient (Wildman–Crippen LogP) is 1.24. The molecule has 4 nitrogen and oxygen atoms in total. The Labute approximate surface area is 96.9 Å². The van der Waals surface area contributed by atoms with Crippen molar-refractivity contribution in [3.8, 4) is 0 Å². The average molecular weight is 227 g/mol. The van der Waals surface area contributed by atoms with Crippen molar-refractivity contribution < 1.29 is 14.3 Å². The van der Waals surface area contributed by atoms with Crippen molar-refractivity contribution in [1.29, 1.82) is 0 Å². The summed E-state index contributed by atoms with van der Waals surface area (Å²) < 4.78 is 5.12. The van der Waals surface area contributed by atoms with Gasteiger partial charge in [-0.1, -0.05) is 0 Å². The van der Waals surface area contributed by atoms with Gasteiger partial charge in [0, 0.05) is 33.0 Å². The number of ketones is 1. The first-order valence-corrected chi connectivity index (χ1v) is 5.89. The maximum atomic E-state index is 11.8. The summed E-state index contributed by atoms with van der Waals surface area (Å²) in [6.07, 6.45) is 2.89. The Balaban J connectivity index is 2.34. The van der Waals surface area contributed by atoms with Crippen LogP contribution in [-0.4, -0.2) is 43.4 Å². The Morgan fingerprint density at radius 3 is 2.75 bits per heavy atom. The average Bonchev–Trinajstić information content (AvgIpc) is 2.26. The lowest BCUT2D eigenvalue weighted by Gasteiger charge is -2.32. The summed E-state index contributed by atoms with van der Waals surface area (Å²) in [6, 6.07) is 0. The Kier molecular flexibility index (Phi) is 5.46. The summed E-state index contributed by atoms with van der Waals surface area (Å²) >= 11 is 0. The third-order valence-corrected chi connectivity index (χ3v) is 2.96. The number of carbonyl (C=O) groups is 2. The van der Waals surface area contributed by atoms with Gasteiger partial charge in [-0.25, -0.2) is 0 Å². The topological polar surface area (TPSA) is 46.6 Å². The highest BCUT2D eigenvalue weighted by Gasteiger charge is 2.23. The van der Waals surface area contributed by atoms with Crippen LogP contribution in [0.1, 0.15) is 32.6 Å². The van der Waals surface area contributed by atoms with E-state index in [-0.39, 0.29) is 11.7 Å². The lowest BCUT2D eigenvalue weighted by Crippen LogP contribution is -2.41. The Morgan fingerprint density at radius 2 is 2.12 bits per heavy atom. The molecule has 0 saturated carbocycles. The van der Waals surface area contributed by atoms with Crippen LogP contribution in [0.15, 0.2) is 0 Å². The smallest absolute Gasteiger partial charge is 0.223 e. The fourth-order valence-electron chi connectivity index (χ4n) is 2.10. The van der Waals surface area contributed by atoms with Gasteiger partial charge in [0.25, 0.3) is 0 Å². The van der Waals surface area contributed by atoms with Crippen molar-refractivity contribution in [2.24, 2.45) is 5.92 Å². The lowest BCUT2D eigenvalue weighted by atomic mass is 9.98. The minimum Gasteiger partial charge on any atom is -0.384 e. The number of methoxy groups -OCH3 is 1. The van der Waals surface area contributed by atoms with Gasteiger partial charge in [0.1, 0.15) is 5.78 Å². The number of carbonyl (C=O) groups excluding carboxylic acids is 2.